The summed E-state index contributed by atoms with van der Waals surface area (Å²) in [5, 5.41) is 4.46. The molecule has 4 aromatic rings. The van der Waals surface area contributed by atoms with E-state index in [-0.39, 0.29) is 28.3 Å². The minimum absolute atomic E-state index is 0.0164. The van der Waals surface area contributed by atoms with Gasteiger partial charge in [-0.2, -0.15) is 10.1 Å². The molecular weight excluding hydrogens is 592 g/mol. The quantitative estimate of drug-likeness (QED) is 0.158. The number of hydrogen-bond acceptors (Lipinski definition) is 9. The maximum Gasteiger partial charge on any atom is 0.264 e. The molecule has 1 N–H and O–H groups in total. The molecule has 2 heterocycles. The Morgan fingerprint density at radius 2 is 1.78 bits per heavy atom. The Balaban J connectivity index is 1.67. The monoisotopic (exact) mass is 634 g/mol. The van der Waals surface area contributed by atoms with Crippen LogP contribution in [0.2, 0.25) is 0 Å². The Bertz CT molecular complexity index is 1690. The van der Waals surface area contributed by atoms with Crippen LogP contribution in [0.4, 0.5) is 11.6 Å². The van der Waals surface area contributed by atoms with Gasteiger partial charge < -0.3 is 14.4 Å². The van der Waals surface area contributed by atoms with Gasteiger partial charge in [0.2, 0.25) is 11.8 Å². The standard InChI is InChI=1S/C33H42N6O5S/c1-23(2)13-14-27(38(5)28-19-34-39(20-28)15-16-43-6)22-44-31-18-30(32-24(3)9-7-10-25(32)4)35-33(36-31)37-45(41,42)29-12-8-11-26(17-29)21-40/h7-12,17-21,23,27H,13-16,22H2,1-6H3,(H,35,36,37)/t27-/m1/s1. The summed E-state index contributed by atoms with van der Waals surface area (Å²) in [6, 6.07) is 13.4. The zero-order chi connectivity index (χ0) is 32.6. The van der Waals surface area contributed by atoms with E-state index in [1.54, 1.807) is 13.2 Å². The lowest BCUT2D eigenvalue weighted by Gasteiger charge is -2.29. The predicted octanol–water partition coefficient (Wildman–Crippen LogP) is 5.54. The molecule has 240 valence electrons. The number of anilines is 2. The number of aryl methyl sites for hydroxylation is 2. The minimum atomic E-state index is -4.10. The van der Waals surface area contributed by atoms with Crippen molar-refractivity contribution in [2.24, 2.45) is 5.92 Å². The van der Waals surface area contributed by atoms with Gasteiger partial charge in [0.1, 0.15) is 12.9 Å². The van der Waals surface area contributed by atoms with Gasteiger partial charge in [-0.1, -0.05) is 44.2 Å². The fraction of sp³-hybridized carbons (Fsp3) is 0.394. The molecule has 0 fully saturated rings. The summed E-state index contributed by atoms with van der Waals surface area (Å²) in [7, 11) is -0.423. The second kappa shape index (κ2) is 15.1. The highest BCUT2D eigenvalue weighted by molar-refractivity contribution is 7.92. The van der Waals surface area contributed by atoms with Crippen LogP contribution < -0.4 is 14.4 Å². The van der Waals surface area contributed by atoms with Crippen molar-refractivity contribution in [3.8, 4) is 17.1 Å². The molecule has 0 bridgehead atoms. The largest absolute Gasteiger partial charge is 0.475 e. The number of benzene rings is 2. The fourth-order valence-electron chi connectivity index (χ4n) is 4.97. The molecule has 11 nitrogen and oxygen atoms in total. The van der Waals surface area contributed by atoms with Crippen LogP contribution in [0, 0.1) is 19.8 Å². The summed E-state index contributed by atoms with van der Waals surface area (Å²) in [5.74, 6) is 0.604. The first kappa shape index (κ1) is 33.6. The van der Waals surface area contributed by atoms with Crippen molar-refractivity contribution < 1.29 is 22.7 Å². The van der Waals surface area contributed by atoms with Gasteiger partial charge in [0, 0.05) is 37.5 Å². The number of nitrogens with one attached hydrogen (secondary N) is 1. The van der Waals surface area contributed by atoms with E-state index < -0.39 is 10.0 Å². The molecular formula is C33H42N6O5S. The smallest absolute Gasteiger partial charge is 0.264 e. The van der Waals surface area contributed by atoms with Gasteiger partial charge in [0.25, 0.3) is 10.0 Å². The minimum Gasteiger partial charge on any atom is -0.475 e. The fourth-order valence-corrected chi connectivity index (χ4v) is 5.97. The van der Waals surface area contributed by atoms with E-state index in [1.165, 1.54) is 24.3 Å². The van der Waals surface area contributed by atoms with Crippen LogP contribution >= 0.6 is 0 Å². The topological polar surface area (TPSA) is 129 Å². The number of aldehydes is 1. The molecule has 0 spiro atoms. The number of methoxy groups -OCH3 is 1. The molecule has 0 amide bonds. The molecule has 45 heavy (non-hydrogen) atoms. The molecule has 12 heteroatoms. The normalized spacial score (nSPS) is 12.2. The maximum absolute atomic E-state index is 13.3. The Morgan fingerprint density at radius 3 is 2.47 bits per heavy atom. The van der Waals surface area contributed by atoms with Crippen LogP contribution in [0.25, 0.3) is 11.3 Å². The summed E-state index contributed by atoms with van der Waals surface area (Å²) in [4.78, 5) is 22.4. The summed E-state index contributed by atoms with van der Waals surface area (Å²) in [6.45, 7) is 9.83. The highest BCUT2D eigenvalue weighted by atomic mass is 32.2. The molecule has 0 aliphatic heterocycles. The average molecular weight is 635 g/mol. The van der Waals surface area contributed by atoms with Crippen LogP contribution in [-0.4, -0.2) is 67.9 Å². The number of sulfonamides is 1. The Labute approximate surface area is 265 Å². The van der Waals surface area contributed by atoms with Crippen LogP contribution in [0.5, 0.6) is 5.88 Å². The number of likely N-dealkylation sites (N-methyl/N-ethyl adjacent to an activating group) is 1. The number of carbonyl (C=O) groups excluding carboxylic acids is 1. The third-order valence-electron chi connectivity index (χ3n) is 7.57. The van der Waals surface area contributed by atoms with Crippen molar-refractivity contribution in [1.29, 1.82) is 0 Å². The summed E-state index contributed by atoms with van der Waals surface area (Å²) >= 11 is 0. The lowest BCUT2D eigenvalue weighted by atomic mass is 10.00. The molecule has 0 saturated heterocycles. The molecule has 0 aliphatic rings. The number of aromatic nitrogens is 4. The van der Waals surface area contributed by atoms with Crippen LogP contribution in [0.1, 0.15) is 48.2 Å². The number of ether oxygens (including phenoxy) is 2. The third-order valence-corrected chi connectivity index (χ3v) is 8.90. The van der Waals surface area contributed by atoms with Crippen LogP contribution in [-0.2, 0) is 21.3 Å². The van der Waals surface area contributed by atoms with E-state index >= 15 is 0 Å². The molecule has 2 aromatic carbocycles. The lowest BCUT2D eigenvalue weighted by Crippen LogP contribution is -2.37. The Hall–Kier alpha value is -4.29. The number of carbonyl (C=O) groups is 1. The van der Waals surface area contributed by atoms with E-state index in [9.17, 15) is 13.2 Å². The highest BCUT2D eigenvalue weighted by Gasteiger charge is 2.22. The summed E-state index contributed by atoms with van der Waals surface area (Å²) in [6.07, 6.45) is 6.25. The third kappa shape index (κ3) is 8.89. The van der Waals surface area contributed by atoms with Gasteiger partial charge in [-0.3, -0.25) is 9.48 Å². The van der Waals surface area contributed by atoms with Gasteiger partial charge in [-0.15, -0.1) is 0 Å². The van der Waals surface area contributed by atoms with E-state index in [2.05, 4.69) is 38.5 Å². The molecule has 4 rings (SSSR count). The average Bonchev–Trinajstić information content (AvgIpc) is 3.48. The Morgan fingerprint density at radius 1 is 1.04 bits per heavy atom. The van der Waals surface area contributed by atoms with Crippen molar-refractivity contribution in [2.45, 2.75) is 58.0 Å². The SMILES string of the molecule is COCCn1cc(N(C)[C@H](CCC(C)C)COc2cc(-c3c(C)cccc3C)nc(NS(=O)(=O)c3cccc(C=O)c3)n2)cn1. The maximum atomic E-state index is 13.3. The summed E-state index contributed by atoms with van der Waals surface area (Å²) in [5.41, 5.74) is 4.55. The van der Waals surface area contributed by atoms with Crippen LogP contribution in [0.3, 0.4) is 0 Å². The molecule has 0 unspecified atom stereocenters. The van der Waals surface area contributed by atoms with Crippen molar-refractivity contribution >= 4 is 27.9 Å². The van der Waals surface area contributed by atoms with E-state index in [1.807, 2.05) is 56.2 Å². The first-order chi connectivity index (χ1) is 21.5. The van der Waals surface area contributed by atoms with Crippen molar-refractivity contribution in [1.82, 2.24) is 19.7 Å². The first-order valence-electron chi connectivity index (χ1n) is 14.9. The first-order valence-corrected chi connectivity index (χ1v) is 16.4. The van der Waals surface area contributed by atoms with Crippen LogP contribution in [0.15, 0.2) is 65.8 Å². The van der Waals surface area contributed by atoms with E-state index in [4.69, 9.17) is 9.47 Å². The van der Waals surface area contributed by atoms with E-state index in [0.29, 0.717) is 37.7 Å². The van der Waals surface area contributed by atoms with Crippen molar-refractivity contribution in [3.63, 3.8) is 0 Å². The predicted molar refractivity (Wildman–Crippen MR) is 175 cm³/mol. The van der Waals surface area contributed by atoms with Crippen molar-refractivity contribution in [2.75, 3.05) is 37.0 Å². The molecule has 0 aliphatic carbocycles. The number of nitrogens with zero attached hydrogens (tertiary/aromatic N) is 5. The molecule has 2 aromatic heterocycles. The number of hydrogen-bond donors (Lipinski definition) is 1. The zero-order valence-corrected chi connectivity index (χ0v) is 27.5. The second-order valence-corrected chi connectivity index (χ2v) is 13.2. The van der Waals surface area contributed by atoms with Crippen molar-refractivity contribution in [3.05, 3.63) is 77.6 Å². The van der Waals surface area contributed by atoms with Gasteiger partial charge in [0.15, 0.2) is 0 Å². The van der Waals surface area contributed by atoms with Gasteiger partial charge in [-0.25, -0.2) is 18.1 Å². The molecule has 0 radical (unpaired) electrons. The Kier molecular flexibility index (Phi) is 11.3. The summed E-state index contributed by atoms with van der Waals surface area (Å²) < 4.78 is 42.5. The second-order valence-electron chi connectivity index (χ2n) is 11.5. The van der Waals surface area contributed by atoms with Gasteiger partial charge in [-0.05, 0) is 55.9 Å². The van der Waals surface area contributed by atoms with Gasteiger partial charge in [0.05, 0.1) is 41.7 Å². The lowest BCUT2D eigenvalue weighted by molar-refractivity contribution is 0.112. The number of rotatable bonds is 16. The zero-order valence-electron chi connectivity index (χ0n) is 26.7. The molecule has 0 saturated carbocycles. The highest BCUT2D eigenvalue weighted by Crippen LogP contribution is 2.30. The molecule has 1 atom stereocenters. The van der Waals surface area contributed by atoms with E-state index in [0.717, 1.165) is 35.2 Å². The van der Waals surface area contributed by atoms with Gasteiger partial charge >= 0.3 is 0 Å².